The van der Waals surface area contributed by atoms with E-state index in [4.69, 9.17) is 32.7 Å². The van der Waals surface area contributed by atoms with Gasteiger partial charge in [0.25, 0.3) is 5.91 Å². The number of amides is 1. The summed E-state index contributed by atoms with van der Waals surface area (Å²) >= 11 is 12.5. The maximum atomic E-state index is 13.0. The molecule has 166 valence electrons. The minimum absolute atomic E-state index is 0.261. The molecule has 1 aliphatic rings. The van der Waals surface area contributed by atoms with Gasteiger partial charge in [0, 0.05) is 22.5 Å². The summed E-state index contributed by atoms with van der Waals surface area (Å²) in [4.78, 5) is 17.6. The van der Waals surface area contributed by atoms with Crippen LogP contribution in [0.5, 0.6) is 11.5 Å². The number of halogens is 2. The Morgan fingerprint density at radius 2 is 1.73 bits per heavy atom. The van der Waals surface area contributed by atoms with Crippen molar-refractivity contribution in [2.24, 2.45) is 0 Å². The molecular weight excluding hydrogens is 461 g/mol. The van der Waals surface area contributed by atoms with Crippen LogP contribution in [0, 0.1) is 0 Å². The Morgan fingerprint density at radius 1 is 1.00 bits per heavy atom. The minimum atomic E-state index is -0.321. The highest BCUT2D eigenvalue weighted by atomic mass is 35.5. The SMILES string of the molecule is O=C(NCC1COc2ccccc2O1)c1cn(-c2ccc(Cl)cc2)c(-c2ccccc2Cl)n1. The van der Waals surface area contributed by atoms with Crippen LogP contribution in [0.15, 0.2) is 79.0 Å². The van der Waals surface area contributed by atoms with Crippen LogP contribution >= 0.6 is 23.2 Å². The molecule has 6 nitrogen and oxygen atoms in total. The molecule has 0 saturated carbocycles. The third kappa shape index (κ3) is 4.53. The van der Waals surface area contributed by atoms with Gasteiger partial charge in [0.1, 0.15) is 24.2 Å². The van der Waals surface area contributed by atoms with Crippen molar-refractivity contribution in [1.29, 1.82) is 0 Å². The minimum Gasteiger partial charge on any atom is -0.486 e. The van der Waals surface area contributed by atoms with E-state index in [1.807, 2.05) is 59.2 Å². The number of nitrogens with one attached hydrogen (secondary N) is 1. The smallest absolute Gasteiger partial charge is 0.271 e. The van der Waals surface area contributed by atoms with E-state index < -0.39 is 0 Å². The Labute approximate surface area is 200 Å². The lowest BCUT2D eigenvalue weighted by Gasteiger charge is -2.26. The van der Waals surface area contributed by atoms with Gasteiger partial charge in [-0.25, -0.2) is 4.98 Å². The number of carbonyl (C=O) groups is 1. The van der Waals surface area contributed by atoms with Crippen molar-refractivity contribution < 1.29 is 14.3 Å². The number of ether oxygens (including phenoxy) is 2. The predicted octanol–water partition coefficient (Wildman–Crippen LogP) is 5.42. The number of aromatic nitrogens is 2. The van der Waals surface area contributed by atoms with Crippen molar-refractivity contribution in [2.75, 3.05) is 13.2 Å². The molecule has 0 fully saturated rings. The number of benzene rings is 3. The van der Waals surface area contributed by atoms with E-state index in [-0.39, 0.29) is 24.2 Å². The van der Waals surface area contributed by atoms with Gasteiger partial charge in [0.2, 0.25) is 0 Å². The molecule has 5 rings (SSSR count). The molecule has 0 radical (unpaired) electrons. The summed E-state index contributed by atoms with van der Waals surface area (Å²) in [6.45, 7) is 0.629. The number of hydrogen-bond acceptors (Lipinski definition) is 4. The Morgan fingerprint density at radius 3 is 2.52 bits per heavy atom. The van der Waals surface area contributed by atoms with Crippen LogP contribution in [0.3, 0.4) is 0 Å². The fraction of sp³-hybridized carbons (Fsp3) is 0.120. The largest absolute Gasteiger partial charge is 0.486 e. The van der Waals surface area contributed by atoms with Gasteiger partial charge in [-0.05, 0) is 48.5 Å². The third-order valence-corrected chi connectivity index (χ3v) is 5.80. The molecule has 4 aromatic rings. The summed E-state index contributed by atoms with van der Waals surface area (Å²) in [6.07, 6.45) is 1.38. The average Bonchev–Trinajstić information content (AvgIpc) is 3.28. The van der Waals surface area contributed by atoms with Gasteiger partial charge >= 0.3 is 0 Å². The number of carbonyl (C=O) groups excluding carboxylic acids is 1. The highest BCUT2D eigenvalue weighted by molar-refractivity contribution is 6.33. The lowest BCUT2D eigenvalue weighted by atomic mass is 10.2. The van der Waals surface area contributed by atoms with Crippen LogP contribution in [-0.4, -0.2) is 34.7 Å². The second kappa shape index (κ2) is 9.17. The topological polar surface area (TPSA) is 65.4 Å². The summed E-state index contributed by atoms with van der Waals surface area (Å²) in [5, 5.41) is 4.05. The molecule has 1 amide bonds. The summed E-state index contributed by atoms with van der Waals surface area (Å²) in [7, 11) is 0. The zero-order valence-electron chi connectivity index (χ0n) is 17.4. The fourth-order valence-electron chi connectivity index (χ4n) is 3.58. The van der Waals surface area contributed by atoms with Crippen molar-refractivity contribution in [1.82, 2.24) is 14.9 Å². The number of rotatable bonds is 5. The van der Waals surface area contributed by atoms with Gasteiger partial charge < -0.3 is 14.8 Å². The first-order chi connectivity index (χ1) is 16.1. The Balaban J connectivity index is 1.39. The molecule has 1 unspecified atom stereocenters. The molecule has 1 aliphatic heterocycles. The zero-order valence-corrected chi connectivity index (χ0v) is 18.9. The molecule has 1 atom stereocenters. The summed E-state index contributed by atoms with van der Waals surface area (Å²) in [6, 6.07) is 22.1. The number of nitrogens with zero attached hydrogens (tertiary/aromatic N) is 2. The molecule has 33 heavy (non-hydrogen) atoms. The van der Waals surface area contributed by atoms with E-state index in [9.17, 15) is 4.79 Å². The van der Waals surface area contributed by atoms with E-state index in [1.54, 1.807) is 24.4 Å². The van der Waals surface area contributed by atoms with Crippen molar-refractivity contribution in [3.8, 4) is 28.6 Å². The van der Waals surface area contributed by atoms with Crippen LogP contribution in [0.25, 0.3) is 17.1 Å². The molecule has 0 bridgehead atoms. The van der Waals surface area contributed by atoms with E-state index in [2.05, 4.69) is 10.3 Å². The Bertz CT molecular complexity index is 1300. The standard InChI is InChI=1S/C25H19Cl2N3O3/c26-16-9-11-17(12-10-16)30-14-21(29-24(30)19-5-1-2-6-20(19)27)25(31)28-13-18-15-32-22-7-3-4-8-23(22)33-18/h1-12,14,18H,13,15H2,(H,28,31). The summed E-state index contributed by atoms with van der Waals surface area (Å²) < 4.78 is 13.5. The van der Waals surface area contributed by atoms with E-state index in [1.165, 1.54) is 0 Å². The lowest BCUT2D eigenvalue weighted by molar-refractivity contribution is 0.0786. The van der Waals surface area contributed by atoms with Gasteiger partial charge in [-0.3, -0.25) is 9.36 Å². The third-order valence-electron chi connectivity index (χ3n) is 5.22. The zero-order chi connectivity index (χ0) is 22.8. The van der Waals surface area contributed by atoms with Crippen LogP contribution in [-0.2, 0) is 0 Å². The molecule has 1 aromatic heterocycles. The molecule has 0 aliphatic carbocycles. The van der Waals surface area contributed by atoms with Crippen LogP contribution in [0.4, 0.5) is 0 Å². The second-order valence-electron chi connectivity index (χ2n) is 7.48. The van der Waals surface area contributed by atoms with Crippen molar-refractivity contribution in [3.63, 3.8) is 0 Å². The highest BCUT2D eigenvalue weighted by Gasteiger charge is 2.23. The summed E-state index contributed by atoms with van der Waals surface area (Å²) in [5.74, 6) is 1.60. The number of hydrogen-bond donors (Lipinski definition) is 1. The van der Waals surface area contributed by atoms with Crippen LogP contribution in [0.1, 0.15) is 10.5 Å². The van der Waals surface area contributed by atoms with Crippen molar-refractivity contribution >= 4 is 29.1 Å². The van der Waals surface area contributed by atoms with Gasteiger partial charge in [-0.15, -0.1) is 0 Å². The Hall–Kier alpha value is -3.48. The van der Waals surface area contributed by atoms with Gasteiger partial charge in [-0.1, -0.05) is 47.5 Å². The first-order valence-electron chi connectivity index (χ1n) is 10.4. The first-order valence-corrected chi connectivity index (χ1v) is 11.1. The lowest BCUT2D eigenvalue weighted by Crippen LogP contribution is -2.40. The first kappa shape index (κ1) is 21.4. The molecule has 3 aromatic carbocycles. The maximum Gasteiger partial charge on any atom is 0.271 e. The van der Waals surface area contributed by atoms with E-state index >= 15 is 0 Å². The quantitative estimate of drug-likeness (QED) is 0.415. The maximum absolute atomic E-state index is 13.0. The van der Waals surface area contributed by atoms with Crippen LogP contribution in [0.2, 0.25) is 10.0 Å². The van der Waals surface area contributed by atoms with E-state index in [0.717, 1.165) is 5.69 Å². The van der Waals surface area contributed by atoms with Gasteiger partial charge in [-0.2, -0.15) is 0 Å². The highest BCUT2D eigenvalue weighted by Crippen LogP contribution is 2.31. The van der Waals surface area contributed by atoms with E-state index in [0.29, 0.717) is 39.5 Å². The van der Waals surface area contributed by atoms with Crippen LogP contribution < -0.4 is 14.8 Å². The normalized spacial score (nSPS) is 14.7. The molecule has 1 N–H and O–H groups in total. The number of fused-ring (bicyclic) bond motifs is 1. The van der Waals surface area contributed by atoms with Crippen molar-refractivity contribution in [3.05, 3.63) is 94.7 Å². The molecule has 8 heteroatoms. The van der Waals surface area contributed by atoms with Gasteiger partial charge in [0.05, 0.1) is 11.6 Å². The molecule has 0 saturated heterocycles. The second-order valence-corrected chi connectivity index (χ2v) is 8.33. The van der Waals surface area contributed by atoms with Crippen molar-refractivity contribution in [2.45, 2.75) is 6.10 Å². The number of para-hydroxylation sites is 2. The predicted molar refractivity (Wildman–Crippen MR) is 128 cm³/mol. The molecular formula is C25H19Cl2N3O3. The average molecular weight is 480 g/mol. The summed E-state index contributed by atoms with van der Waals surface area (Å²) in [5.41, 5.74) is 1.78. The number of imidazole rings is 1. The molecule has 0 spiro atoms. The fourth-order valence-corrected chi connectivity index (χ4v) is 3.93. The van der Waals surface area contributed by atoms with Gasteiger partial charge in [0.15, 0.2) is 11.5 Å². The Kier molecular flexibility index (Phi) is 5.94. The molecule has 2 heterocycles. The monoisotopic (exact) mass is 479 g/mol.